The molecule has 32 heavy (non-hydrogen) atoms. The molecule has 0 radical (unpaired) electrons. The first-order chi connectivity index (χ1) is 15.5. The highest BCUT2D eigenvalue weighted by Gasteiger charge is 2.29. The summed E-state index contributed by atoms with van der Waals surface area (Å²) < 4.78 is 24.7. The number of hydrogen-bond acceptors (Lipinski definition) is 6. The Balaban J connectivity index is 1.40. The van der Waals surface area contributed by atoms with E-state index in [-0.39, 0.29) is 17.8 Å². The molecule has 0 saturated carbocycles. The van der Waals surface area contributed by atoms with Gasteiger partial charge in [-0.2, -0.15) is 4.98 Å². The van der Waals surface area contributed by atoms with Gasteiger partial charge in [0, 0.05) is 31.7 Å². The molecular formula is C24H27FN4O3. The molecule has 1 amide bonds. The summed E-state index contributed by atoms with van der Waals surface area (Å²) in [6, 6.07) is 12.0. The van der Waals surface area contributed by atoms with Crippen molar-refractivity contribution in [3.8, 4) is 17.1 Å². The van der Waals surface area contributed by atoms with Gasteiger partial charge in [-0.1, -0.05) is 17.3 Å². The van der Waals surface area contributed by atoms with Gasteiger partial charge in [0.25, 0.3) is 5.91 Å². The Morgan fingerprint density at radius 2 is 1.94 bits per heavy atom. The molecule has 1 aromatic heterocycles. The maximum atomic E-state index is 13.5. The highest BCUT2D eigenvalue weighted by molar-refractivity contribution is 5.97. The van der Waals surface area contributed by atoms with E-state index < -0.39 is 0 Å². The average molecular weight is 439 g/mol. The van der Waals surface area contributed by atoms with Crippen LogP contribution < -0.4 is 4.74 Å². The van der Waals surface area contributed by atoms with Crippen LogP contribution in [0.25, 0.3) is 11.4 Å². The number of benzene rings is 2. The first kappa shape index (κ1) is 22.0. The molecule has 168 valence electrons. The van der Waals surface area contributed by atoms with Gasteiger partial charge in [-0.25, -0.2) is 4.39 Å². The Bertz CT molecular complexity index is 1090. The molecule has 0 spiro atoms. The predicted molar refractivity (Wildman–Crippen MR) is 118 cm³/mol. The van der Waals surface area contributed by atoms with E-state index in [1.54, 1.807) is 25.1 Å². The van der Waals surface area contributed by atoms with E-state index in [1.165, 1.54) is 6.07 Å². The van der Waals surface area contributed by atoms with Gasteiger partial charge in [0.05, 0.1) is 18.2 Å². The van der Waals surface area contributed by atoms with E-state index >= 15 is 0 Å². The molecule has 0 N–H and O–H groups in total. The zero-order chi connectivity index (χ0) is 22.7. The van der Waals surface area contributed by atoms with E-state index in [1.807, 2.05) is 36.9 Å². The lowest BCUT2D eigenvalue weighted by Gasteiger charge is -2.37. The zero-order valence-electron chi connectivity index (χ0n) is 18.5. The van der Waals surface area contributed by atoms with Crippen molar-refractivity contribution in [2.75, 3.05) is 32.8 Å². The maximum Gasteiger partial charge on any atom is 0.257 e. The van der Waals surface area contributed by atoms with Crippen molar-refractivity contribution in [2.24, 2.45) is 0 Å². The normalized spacial score (nSPS) is 15.6. The minimum atomic E-state index is -0.262. The molecule has 2 aromatic carbocycles. The number of amides is 1. The number of aryl methyl sites for hydroxylation is 1. The third-order valence-electron chi connectivity index (χ3n) is 5.78. The van der Waals surface area contributed by atoms with Gasteiger partial charge < -0.3 is 14.2 Å². The third-order valence-corrected chi connectivity index (χ3v) is 5.78. The number of para-hydroxylation sites is 1. The summed E-state index contributed by atoms with van der Waals surface area (Å²) in [4.78, 5) is 21.6. The predicted octanol–water partition coefficient (Wildman–Crippen LogP) is 4.10. The van der Waals surface area contributed by atoms with Crippen LogP contribution in [0.2, 0.25) is 0 Å². The van der Waals surface area contributed by atoms with E-state index in [4.69, 9.17) is 9.26 Å². The fraction of sp³-hybridized carbons (Fsp3) is 0.375. The Kier molecular flexibility index (Phi) is 6.50. The summed E-state index contributed by atoms with van der Waals surface area (Å²) in [7, 11) is 0. The molecule has 1 aliphatic rings. The lowest BCUT2D eigenvalue weighted by Crippen LogP contribution is -2.49. The lowest BCUT2D eigenvalue weighted by atomic mass is 10.1. The maximum absolute atomic E-state index is 13.5. The molecular weight excluding hydrogens is 411 g/mol. The van der Waals surface area contributed by atoms with Crippen LogP contribution in [0.5, 0.6) is 5.75 Å². The molecule has 1 saturated heterocycles. The average Bonchev–Trinajstić information content (AvgIpc) is 3.31. The minimum absolute atomic E-state index is 0.0203. The summed E-state index contributed by atoms with van der Waals surface area (Å²) in [5, 5.41) is 4.07. The molecule has 2 heterocycles. The molecule has 4 rings (SSSR count). The lowest BCUT2D eigenvalue weighted by molar-refractivity contribution is 0.0548. The summed E-state index contributed by atoms with van der Waals surface area (Å²) in [6.45, 7) is 8.71. The van der Waals surface area contributed by atoms with E-state index in [0.29, 0.717) is 61.4 Å². The second-order valence-electron chi connectivity index (χ2n) is 7.85. The largest absolute Gasteiger partial charge is 0.493 e. The first-order valence-electron chi connectivity index (χ1n) is 10.8. The second-order valence-corrected chi connectivity index (χ2v) is 7.85. The van der Waals surface area contributed by atoms with Gasteiger partial charge in [-0.3, -0.25) is 9.69 Å². The highest BCUT2D eigenvalue weighted by Crippen LogP contribution is 2.26. The molecule has 0 bridgehead atoms. The van der Waals surface area contributed by atoms with Crippen molar-refractivity contribution in [2.45, 2.75) is 26.8 Å². The Morgan fingerprint density at radius 3 is 2.66 bits per heavy atom. The molecule has 8 heteroatoms. The van der Waals surface area contributed by atoms with Crippen molar-refractivity contribution in [1.82, 2.24) is 19.9 Å². The van der Waals surface area contributed by atoms with Crippen LogP contribution in [0.15, 0.2) is 47.0 Å². The molecule has 7 nitrogen and oxygen atoms in total. The molecule has 1 unspecified atom stereocenters. The van der Waals surface area contributed by atoms with Crippen molar-refractivity contribution in [3.05, 3.63) is 65.3 Å². The quantitative estimate of drug-likeness (QED) is 0.577. The SMILES string of the molecule is CCOc1ccccc1C(=O)N1CCN(C(C)c2nc(-c3ccc(F)c(C)c3)no2)CC1. The van der Waals surface area contributed by atoms with Gasteiger partial charge in [-0.05, 0) is 56.7 Å². The number of piperazine rings is 1. The summed E-state index contributed by atoms with van der Waals surface area (Å²) >= 11 is 0. The number of ether oxygens (including phenoxy) is 1. The highest BCUT2D eigenvalue weighted by atomic mass is 19.1. The smallest absolute Gasteiger partial charge is 0.257 e. The number of carbonyl (C=O) groups is 1. The van der Waals surface area contributed by atoms with Crippen LogP contribution in [-0.4, -0.2) is 58.6 Å². The van der Waals surface area contributed by atoms with Gasteiger partial charge >= 0.3 is 0 Å². The number of hydrogen-bond donors (Lipinski definition) is 0. The fourth-order valence-electron chi connectivity index (χ4n) is 3.87. The molecule has 1 aliphatic heterocycles. The van der Waals surface area contributed by atoms with Crippen molar-refractivity contribution >= 4 is 5.91 Å². The van der Waals surface area contributed by atoms with E-state index in [0.717, 1.165) is 5.56 Å². The topological polar surface area (TPSA) is 71.7 Å². The zero-order valence-corrected chi connectivity index (χ0v) is 18.5. The van der Waals surface area contributed by atoms with Gasteiger partial charge in [-0.15, -0.1) is 0 Å². The second kappa shape index (κ2) is 9.48. The molecule has 1 atom stereocenters. The van der Waals surface area contributed by atoms with Gasteiger partial charge in [0.15, 0.2) is 0 Å². The standard InChI is InChI=1S/C24H27FN4O3/c1-4-31-21-8-6-5-7-19(21)24(30)29-13-11-28(12-14-29)17(3)23-26-22(27-32-23)18-9-10-20(25)16(2)15-18/h5-10,15,17H,4,11-14H2,1-3H3. The number of rotatable bonds is 6. The number of halogens is 1. The van der Waals surface area contributed by atoms with Crippen LogP contribution in [0.1, 0.15) is 41.7 Å². The summed E-state index contributed by atoms with van der Waals surface area (Å²) in [5.74, 6) is 1.28. The van der Waals surface area contributed by atoms with Crippen LogP contribution in [0.4, 0.5) is 4.39 Å². The number of nitrogens with zero attached hydrogens (tertiary/aromatic N) is 4. The van der Waals surface area contributed by atoms with Crippen LogP contribution in [0, 0.1) is 12.7 Å². The van der Waals surface area contributed by atoms with Gasteiger partial charge in [0.2, 0.25) is 11.7 Å². The summed E-state index contributed by atoms with van der Waals surface area (Å²) in [6.07, 6.45) is 0. The third kappa shape index (κ3) is 4.50. The van der Waals surface area contributed by atoms with Crippen molar-refractivity contribution in [1.29, 1.82) is 0 Å². The minimum Gasteiger partial charge on any atom is -0.493 e. The van der Waals surface area contributed by atoms with Crippen molar-refractivity contribution < 1.29 is 18.4 Å². The molecule has 1 fully saturated rings. The Labute approximate surface area is 186 Å². The van der Waals surface area contributed by atoms with E-state index in [2.05, 4.69) is 15.0 Å². The first-order valence-corrected chi connectivity index (χ1v) is 10.8. The number of carbonyl (C=O) groups excluding carboxylic acids is 1. The molecule has 0 aliphatic carbocycles. The van der Waals surface area contributed by atoms with Crippen LogP contribution in [-0.2, 0) is 0 Å². The number of aromatic nitrogens is 2. The Hall–Kier alpha value is -3.26. The van der Waals surface area contributed by atoms with Gasteiger partial charge in [0.1, 0.15) is 11.6 Å². The van der Waals surface area contributed by atoms with E-state index in [9.17, 15) is 9.18 Å². The molecule has 3 aromatic rings. The van der Waals surface area contributed by atoms with Crippen molar-refractivity contribution in [3.63, 3.8) is 0 Å². The Morgan fingerprint density at radius 1 is 1.19 bits per heavy atom. The monoisotopic (exact) mass is 438 g/mol. The van der Waals surface area contributed by atoms with Crippen LogP contribution >= 0.6 is 0 Å². The summed E-state index contributed by atoms with van der Waals surface area (Å²) in [5.41, 5.74) is 1.84. The fourth-order valence-corrected chi connectivity index (χ4v) is 3.87. The van der Waals surface area contributed by atoms with Crippen LogP contribution in [0.3, 0.4) is 0 Å².